The standard InChI is InChI=1S/C28H25Cl2NO6S/c1-38(34,35)22-8-9-26(36-15-17-6-7-19-4-2-3-5-20(19)10-17)21(14-22)16-37-27-23(29)11-18(12-24(27)30)13-25(31)28(32)33/h2-12,14,25H,13,15-16,31H2,1H3,(H,32,33)/t25-/m0/s1. The maximum Gasteiger partial charge on any atom is 0.320 e. The van der Waals surface area contributed by atoms with Crippen LogP contribution in [0.25, 0.3) is 10.8 Å². The predicted octanol–water partition coefficient (Wildman–Crippen LogP) is 5.66. The average Bonchev–Trinajstić information content (AvgIpc) is 2.86. The summed E-state index contributed by atoms with van der Waals surface area (Å²) in [4.78, 5) is 11.2. The molecule has 0 fully saturated rings. The lowest BCUT2D eigenvalue weighted by atomic mass is 10.1. The van der Waals surface area contributed by atoms with E-state index < -0.39 is 21.8 Å². The van der Waals surface area contributed by atoms with Crippen LogP contribution in [0.4, 0.5) is 0 Å². The van der Waals surface area contributed by atoms with Gasteiger partial charge in [-0.25, -0.2) is 8.42 Å². The molecule has 0 aliphatic rings. The minimum absolute atomic E-state index is 0.0399. The van der Waals surface area contributed by atoms with Crippen molar-refractivity contribution >= 4 is 49.8 Å². The molecule has 0 aromatic heterocycles. The number of sulfone groups is 1. The number of fused-ring (bicyclic) bond motifs is 1. The fourth-order valence-corrected chi connectivity index (χ4v) is 5.20. The van der Waals surface area contributed by atoms with E-state index in [2.05, 4.69) is 0 Å². The van der Waals surface area contributed by atoms with Gasteiger partial charge in [0.15, 0.2) is 15.6 Å². The minimum atomic E-state index is -3.48. The van der Waals surface area contributed by atoms with Gasteiger partial charge in [0, 0.05) is 11.8 Å². The first kappa shape index (κ1) is 27.7. The molecule has 4 rings (SSSR count). The van der Waals surface area contributed by atoms with Crippen LogP contribution in [0.1, 0.15) is 16.7 Å². The Labute approximate surface area is 230 Å². The highest BCUT2D eigenvalue weighted by atomic mass is 35.5. The molecule has 0 aliphatic heterocycles. The van der Waals surface area contributed by atoms with E-state index in [4.69, 9.17) is 43.5 Å². The molecule has 4 aromatic rings. The average molecular weight is 574 g/mol. The molecule has 198 valence electrons. The Kier molecular flexibility index (Phi) is 8.47. The molecule has 0 radical (unpaired) electrons. The molecular weight excluding hydrogens is 549 g/mol. The summed E-state index contributed by atoms with van der Waals surface area (Å²) in [6, 6.07) is 20.6. The maximum atomic E-state index is 12.2. The Bertz CT molecular complexity index is 1580. The Morgan fingerprint density at radius 2 is 1.58 bits per heavy atom. The van der Waals surface area contributed by atoms with Gasteiger partial charge in [0.1, 0.15) is 25.0 Å². The second kappa shape index (κ2) is 11.6. The van der Waals surface area contributed by atoms with Crippen molar-refractivity contribution in [1.82, 2.24) is 0 Å². The van der Waals surface area contributed by atoms with Crippen LogP contribution in [0.5, 0.6) is 11.5 Å². The van der Waals surface area contributed by atoms with E-state index in [0.717, 1.165) is 22.6 Å². The number of nitrogens with two attached hydrogens (primary N) is 1. The second-order valence-corrected chi connectivity index (χ2v) is 11.7. The van der Waals surface area contributed by atoms with E-state index in [1.165, 1.54) is 24.3 Å². The third-order valence-corrected chi connectivity index (χ3v) is 7.54. The summed E-state index contributed by atoms with van der Waals surface area (Å²) < 4.78 is 36.3. The zero-order chi connectivity index (χ0) is 27.4. The zero-order valence-corrected chi connectivity index (χ0v) is 22.7. The normalized spacial score (nSPS) is 12.3. The molecule has 7 nitrogen and oxygen atoms in total. The Morgan fingerprint density at radius 1 is 0.895 bits per heavy atom. The monoisotopic (exact) mass is 573 g/mol. The molecule has 0 bridgehead atoms. The number of hydrogen-bond donors (Lipinski definition) is 2. The van der Waals surface area contributed by atoms with Crippen LogP contribution >= 0.6 is 23.2 Å². The number of carboxylic acids is 1. The van der Waals surface area contributed by atoms with Gasteiger partial charge >= 0.3 is 5.97 Å². The summed E-state index contributed by atoms with van der Waals surface area (Å²) >= 11 is 12.7. The summed E-state index contributed by atoms with van der Waals surface area (Å²) in [5.41, 5.74) is 7.58. The number of carboxylic acid groups (broad SMARTS) is 1. The van der Waals surface area contributed by atoms with Gasteiger partial charge in [-0.05, 0) is 64.7 Å². The van der Waals surface area contributed by atoms with Crippen molar-refractivity contribution in [2.45, 2.75) is 30.6 Å². The zero-order valence-electron chi connectivity index (χ0n) is 20.4. The van der Waals surface area contributed by atoms with Crippen LogP contribution in [0.15, 0.2) is 77.7 Å². The van der Waals surface area contributed by atoms with Crippen molar-refractivity contribution in [3.8, 4) is 11.5 Å². The molecule has 1 atom stereocenters. The quantitative estimate of drug-likeness (QED) is 0.251. The van der Waals surface area contributed by atoms with Crippen LogP contribution in [0.2, 0.25) is 10.0 Å². The summed E-state index contributed by atoms with van der Waals surface area (Å²) in [5, 5.41) is 11.6. The molecule has 3 N–H and O–H groups in total. The van der Waals surface area contributed by atoms with Crippen molar-refractivity contribution in [3.05, 3.63) is 99.5 Å². The summed E-state index contributed by atoms with van der Waals surface area (Å²) in [6.45, 7) is 0.180. The van der Waals surface area contributed by atoms with Crippen molar-refractivity contribution in [2.75, 3.05) is 6.26 Å². The smallest absolute Gasteiger partial charge is 0.320 e. The van der Waals surface area contributed by atoms with Gasteiger partial charge in [0.2, 0.25) is 0 Å². The molecule has 0 saturated heterocycles. The van der Waals surface area contributed by atoms with E-state index in [1.54, 1.807) is 6.07 Å². The van der Waals surface area contributed by atoms with E-state index >= 15 is 0 Å². The molecule has 0 spiro atoms. The van der Waals surface area contributed by atoms with Gasteiger partial charge in [-0.2, -0.15) is 0 Å². The summed E-state index contributed by atoms with van der Waals surface area (Å²) in [5.74, 6) is -0.521. The van der Waals surface area contributed by atoms with E-state index in [1.807, 2.05) is 42.5 Å². The van der Waals surface area contributed by atoms with Crippen LogP contribution < -0.4 is 15.2 Å². The highest BCUT2D eigenvalue weighted by Crippen LogP contribution is 2.36. The summed E-state index contributed by atoms with van der Waals surface area (Å²) in [6.07, 6.45) is 1.16. The number of hydrogen-bond acceptors (Lipinski definition) is 6. The Balaban J connectivity index is 1.56. The first-order chi connectivity index (χ1) is 18.0. The van der Waals surface area contributed by atoms with Gasteiger partial charge in [-0.1, -0.05) is 59.6 Å². The van der Waals surface area contributed by atoms with Crippen LogP contribution in [-0.4, -0.2) is 31.8 Å². The third-order valence-electron chi connectivity index (χ3n) is 5.87. The van der Waals surface area contributed by atoms with E-state index in [-0.39, 0.29) is 40.3 Å². The maximum absolute atomic E-state index is 12.2. The summed E-state index contributed by atoms with van der Waals surface area (Å²) in [7, 11) is -3.48. The van der Waals surface area contributed by atoms with Crippen molar-refractivity contribution < 1.29 is 27.8 Å². The highest BCUT2D eigenvalue weighted by Gasteiger charge is 2.18. The van der Waals surface area contributed by atoms with Crippen molar-refractivity contribution in [2.24, 2.45) is 5.73 Å². The SMILES string of the molecule is CS(=O)(=O)c1ccc(OCc2ccc3ccccc3c2)c(COc2c(Cl)cc(C[C@H](N)C(=O)O)cc2Cl)c1. The van der Waals surface area contributed by atoms with Crippen LogP contribution in [0, 0.1) is 0 Å². The van der Waals surface area contributed by atoms with E-state index in [9.17, 15) is 13.2 Å². The van der Waals surface area contributed by atoms with Crippen LogP contribution in [-0.2, 0) is 34.3 Å². The second-order valence-electron chi connectivity index (χ2n) is 8.84. The number of halogens is 2. The van der Waals surface area contributed by atoms with Crippen molar-refractivity contribution in [3.63, 3.8) is 0 Å². The fourth-order valence-electron chi connectivity index (χ4n) is 3.89. The number of ether oxygens (including phenoxy) is 2. The van der Waals surface area contributed by atoms with Gasteiger partial charge < -0.3 is 20.3 Å². The molecule has 4 aromatic carbocycles. The fraction of sp³-hybridized carbons (Fsp3) is 0.179. The first-order valence-corrected chi connectivity index (χ1v) is 14.2. The third kappa shape index (κ3) is 6.76. The number of aliphatic carboxylic acids is 1. The van der Waals surface area contributed by atoms with Crippen LogP contribution in [0.3, 0.4) is 0 Å². The topological polar surface area (TPSA) is 116 Å². The van der Waals surface area contributed by atoms with Gasteiger partial charge in [0.05, 0.1) is 14.9 Å². The molecule has 0 heterocycles. The van der Waals surface area contributed by atoms with E-state index in [0.29, 0.717) is 16.9 Å². The van der Waals surface area contributed by atoms with Gasteiger partial charge in [-0.15, -0.1) is 0 Å². The molecule has 38 heavy (non-hydrogen) atoms. The molecule has 0 saturated carbocycles. The molecule has 10 heteroatoms. The lowest BCUT2D eigenvalue weighted by Crippen LogP contribution is -2.32. The lowest BCUT2D eigenvalue weighted by molar-refractivity contribution is -0.138. The first-order valence-electron chi connectivity index (χ1n) is 11.5. The van der Waals surface area contributed by atoms with Gasteiger partial charge in [0.25, 0.3) is 0 Å². The number of carbonyl (C=O) groups is 1. The largest absolute Gasteiger partial charge is 0.488 e. The number of rotatable bonds is 10. The predicted molar refractivity (Wildman–Crippen MR) is 148 cm³/mol. The molecular formula is C28H25Cl2NO6S. The lowest BCUT2D eigenvalue weighted by Gasteiger charge is -2.16. The number of benzene rings is 4. The molecule has 0 unspecified atom stereocenters. The highest BCUT2D eigenvalue weighted by molar-refractivity contribution is 7.90. The molecule has 0 amide bonds. The van der Waals surface area contributed by atoms with Crippen molar-refractivity contribution in [1.29, 1.82) is 0 Å². The Morgan fingerprint density at radius 3 is 2.24 bits per heavy atom. The van der Waals surface area contributed by atoms with Gasteiger partial charge in [-0.3, -0.25) is 4.79 Å². The Hall–Kier alpha value is -3.30. The minimum Gasteiger partial charge on any atom is -0.488 e. The molecule has 0 aliphatic carbocycles.